The van der Waals surface area contributed by atoms with Crippen molar-refractivity contribution in [1.82, 2.24) is 0 Å². The third kappa shape index (κ3) is 5.36. The average molecular weight is 381 g/mol. The SMILES string of the molecule is C[C@@H](C(=O)Nc1ccc(Cl)cc1Cl)[NH+](C)Cc1ccc(N(C)C)cc1. The number of quaternary nitrogens is 1. The zero-order valence-corrected chi connectivity index (χ0v) is 16.4. The number of benzene rings is 2. The molecule has 4 nitrogen and oxygen atoms in total. The number of nitrogens with zero attached hydrogens (tertiary/aromatic N) is 1. The second-order valence-corrected chi connectivity index (χ2v) is 7.26. The van der Waals surface area contributed by atoms with Crippen LogP contribution in [-0.2, 0) is 11.3 Å². The van der Waals surface area contributed by atoms with Crippen LogP contribution in [0.1, 0.15) is 12.5 Å². The molecule has 0 saturated carbocycles. The second kappa shape index (κ2) is 8.56. The highest BCUT2D eigenvalue weighted by Crippen LogP contribution is 2.25. The van der Waals surface area contributed by atoms with Crippen LogP contribution in [-0.4, -0.2) is 33.1 Å². The third-order valence-corrected chi connectivity index (χ3v) is 4.80. The number of hydrogen-bond donors (Lipinski definition) is 2. The molecule has 0 aliphatic carbocycles. The fourth-order valence-corrected chi connectivity index (χ4v) is 2.90. The van der Waals surface area contributed by atoms with Crippen molar-refractivity contribution in [2.75, 3.05) is 31.4 Å². The molecule has 2 N–H and O–H groups in total. The van der Waals surface area contributed by atoms with Gasteiger partial charge in [0.05, 0.1) is 17.8 Å². The lowest BCUT2D eigenvalue weighted by molar-refractivity contribution is -0.907. The number of hydrogen-bond acceptors (Lipinski definition) is 2. The maximum atomic E-state index is 12.5. The molecule has 0 spiro atoms. The molecule has 2 aromatic rings. The Morgan fingerprint density at radius 1 is 1.16 bits per heavy atom. The molecule has 2 atom stereocenters. The van der Waals surface area contributed by atoms with Gasteiger partial charge in [0.25, 0.3) is 5.91 Å². The van der Waals surface area contributed by atoms with Gasteiger partial charge in [-0.15, -0.1) is 0 Å². The summed E-state index contributed by atoms with van der Waals surface area (Å²) in [6, 6.07) is 13.2. The molecular weight excluding hydrogens is 357 g/mol. The van der Waals surface area contributed by atoms with Gasteiger partial charge in [-0.3, -0.25) is 4.79 Å². The Bertz CT molecular complexity index is 732. The molecule has 0 saturated heterocycles. The molecule has 0 bridgehead atoms. The predicted molar refractivity (Wildman–Crippen MR) is 106 cm³/mol. The van der Waals surface area contributed by atoms with E-state index < -0.39 is 0 Å². The normalized spacial score (nSPS) is 13.2. The van der Waals surface area contributed by atoms with Crippen LogP contribution >= 0.6 is 23.2 Å². The first-order valence-corrected chi connectivity index (χ1v) is 8.88. The summed E-state index contributed by atoms with van der Waals surface area (Å²) in [5, 5.41) is 3.85. The summed E-state index contributed by atoms with van der Waals surface area (Å²) in [5.41, 5.74) is 2.92. The molecule has 0 aliphatic rings. The minimum atomic E-state index is -0.222. The molecule has 25 heavy (non-hydrogen) atoms. The first kappa shape index (κ1) is 19.6. The zero-order chi connectivity index (χ0) is 18.6. The van der Waals surface area contributed by atoms with Gasteiger partial charge < -0.3 is 15.1 Å². The number of rotatable bonds is 6. The molecule has 0 aromatic heterocycles. The van der Waals surface area contributed by atoms with Crippen LogP contribution in [0.3, 0.4) is 0 Å². The van der Waals surface area contributed by atoms with E-state index in [1.807, 2.05) is 28.1 Å². The highest BCUT2D eigenvalue weighted by Gasteiger charge is 2.22. The lowest BCUT2D eigenvalue weighted by Gasteiger charge is -2.22. The summed E-state index contributed by atoms with van der Waals surface area (Å²) in [5.74, 6) is -0.0772. The Morgan fingerprint density at radius 2 is 1.80 bits per heavy atom. The molecular formula is C19H24Cl2N3O+. The Kier molecular flexibility index (Phi) is 6.71. The van der Waals surface area contributed by atoms with Gasteiger partial charge in [-0.2, -0.15) is 0 Å². The van der Waals surface area contributed by atoms with Crippen LogP contribution in [0, 0.1) is 0 Å². The van der Waals surface area contributed by atoms with Gasteiger partial charge in [-0.05, 0) is 37.3 Å². The van der Waals surface area contributed by atoms with Gasteiger partial charge in [0.2, 0.25) is 0 Å². The Morgan fingerprint density at radius 3 is 2.36 bits per heavy atom. The van der Waals surface area contributed by atoms with E-state index in [4.69, 9.17) is 23.2 Å². The van der Waals surface area contributed by atoms with E-state index in [-0.39, 0.29) is 11.9 Å². The van der Waals surface area contributed by atoms with Crippen molar-refractivity contribution in [3.63, 3.8) is 0 Å². The van der Waals surface area contributed by atoms with E-state index in [1.54, 1.807) is 18.2 Å². The van der Waals surface area contributed by atoms with Crippen LogP contribution in [0.25, 0.3) is 0 Å². The van der Waals surface area contributed by atoms with E-state index in [1.165, 1.54) is 5.56 Å². The van der Waals surface area contributed by atoms with Crippen molar-refractivity contribution in [3.8, 4) is 0 Å². The van der Waals surface area contributed by atoms with Gasteiger partial charge in [0.15, 0.2) is 6.04 Å². The predicted octanol–water partition coefficient (Wildman–Crippen LogP) is 3.10. The van der Waals surface area contributed by atoms with E-state index in [2.05, 4.69) is 34.5 Å². The molecule has 134 valence electrons. The summed E-state index contributed by atoms with van der Waals surface area (Å²) in [6.45, 7) is 2.67. The van der Waals surface area contributed by atoms with E-state index in [0.29, 0.717) is 15.7 Å². The summed E-state index contributed by atoms with van der Waals surface area (Å²) < 4.78 is 0. The van der Waals surface area contributed by atoms with Crippen molar-refractivity contribution >= 4 is 40.5 Å². The first-order valence-electron chi connectivity index (χ1n) is 8.12. The number of likely N-dealkylation sites (N-methyl/N-ethyl adjacent to an activating group) is 1. The maximum Gasteiger partial charge on any atom is 0.282 e. The fourth-order valence-electron chi connectivity index (χ4n) is 2.44. The molecule has 2 rings (SSSR count). The third-order valence-electron chi connectivity index (χ3n) is 4.26. The van der Waals surface area contributed by atoms with Crippen molar-refractivity contribution in [1.29, 1.82) is 0 Å². The number of halogens is 2. The minimum Gasteiger partial charge on any atom is -0.378 e. The van der Waals surface area contributed by atoms with Gasteiger partial charge in [0, 0.05) is 30.4 Å². The van der Waals surface area contributed by atoms with E-state index >= 15 is 0 Å². The molecule has 0 fully saturated rings. The molecule has 0 radical (unpaired) electrons. The maximum absolute atomic E-state index is 12.5. The monoisotopic (exact) mass is 380 g/mol. The fraction of sp³-hybridized carbons (Fsp3) is 0.316. The zero-order valence-electron chi connectivity index (χ0n) is 14.9. The first-order chi connectivity index (χ1) is 11.8. The molecule has 2 aromatic carbocycles. The Hall–Kier alpha value is -1.75. The smallest absolute Gasteiger partial charge is 0.282 e. The standard InChI is InChI=1S/C19H23Cl2N3O/c1-13(19(25)22-18-10-7-15(20)11-17(18)21)24(4)12-14-5-8-16(9-6-14)23(2)3/h5-11,13H,12H2,1-4H3,(H,22,25)/p+1/t13-/m0/s1. The lowest BCUT2D eigenvalue weighted by atomic mass is 10.1. The largest absolute Gasteiger partial charge is 0.378 e. The number of nitrogens with one attached hydrogen (secondary N) is 2. The van der Waals surface area contributed by atoms with Gasteiger partial charge in [-0.1, -0.05) is 35.3 Å². The average Bonchev–Trinajstić information content (AvgIpc) is 2.57. The Labute approximate surface area is 159 Å². The van der Waals surface area contributed by atoms with E-state index in [9.17, 15) is 4.79 Å². The summed E-state index contributed by atoms with van der Waals surface area (Å²) in [6.07, 6.45) is 0. The van der Waals surface area contributed by atoms with E-state index in [0.717, 1.165) is 17.1 Å². The number of amides is 1. The van der Waals surface area contributed by atoms with Crippen molar-refractivity contribution in [3.05, 3.63) is 58.1 Å². The second-order valence-electron chi connectivity index (χ2n) is 6.42. The summed E-state index contributed by atoms with van der Waals surface area (Å²) in [7, 11) is 6.04. The Balaban J connectivity index is 1.98. The molecule has 6 heteroatoms. The lowest BCUT2D eigenvalue weighted by Crippen LogP contribution is -3.12. The van der Waals surface area contributed by atoms with Crippen molar-refractivity contribution in [2.45, 2.75) is 19.5 Å². The van der Waals surface area contributed by atoms with Gasteiger partial charge >= 0.3 is 0 Å². The molecule has 1 amide bonds. The van der Waals surface area contributed by atoms with Crippen molar-refractivity contribution in [2.24, 2.45) is 0 Å². The summed E-state index contributed by atoms with van der Waals surface area (Å²) >= 11 is 12.0. The number of anilines is 2. The van der Waals surface area contributed by atoms with Gasteiger partial charge in [-0.25, -0.2) is 0 Å². The number of carbonyl (C=O) groups excluding carboxylic acids is 1. The molecule has 1 unspecified atom stereocenters. The van der Waals surface area contributed by atoms with Crippen LogP contribution in [0.5, 0.6) is 0 Å². The quantitative estimate of drug-likeness (QED) is 0.807. The summed E-state index contributed by atoms with van der Waals surface area (Å²) in [4.78, 5) is 15.7. The number of carbonyl (C=O) groups is 1. The minimum absolute atomic E-state index is 0.0772. The van der Waals surface area contributed by atoms with Crippen LogP contribution in [0.2, 0.25) is 10.0 Å². The highest BCUT2D eigenvalue weighted by molar-refractivity contribution is 6.36. The van der Waals surface area contributed by atoms with Crippen LogP contribution in [0.4, 0.5) is 11.4 Å². The topological polar surface area (TPSA) is 36.8 Å². The highest BCUT2D eigenvalue weighted by atomic mass is 35.5. The van der Waals surface area contributed by atoms with Crippen LogP contribution < -0.4 is 15.1 Å². The molecule has 0 aliphatic heterocycles. The van der Waals surface area contributed by atoms with Crippen LogP contribution in [0.15, 0.2) is 42.5 Å². The van der Waals surface area contributed by atoms with Crippen molar-refractivity contribution < 1.29 is 9.69 Å². The molecule has 0 heterocycles. The van der Waals surface area contributed by atoms with Gasteiger partial charge in [0.1, 0.15) is 6.54 Å².